The number of hydrogen-bond donors (Lipinski definition) is 1. The van der Waals surface area contributed by atoms with E-state index in [1.54, 1.807) is 40.7 Å². The van der Waals surface area contributed by atoms with Crippen molar-refractivity contribution in [3.63, 3.8) is 0 Å². The van der Waals surface area contributed by atoms with Gasteiger partial charge in [-0.2, -0.15) is 0 Å². The number of halogens is 1. The predicted octanol–water partition coefficient (Wildman–Crippen LogP) is 3.22. The highest BCUT2D eigenvalue weighted by atomic mass is 19.1. The van der Waals surface area contributed by atoms with Crippen molar-refractivity contribution < 1.29 is 9.18 Å². The van der Waals surface area contributed by atoms with Gasteiger partial charge < -0.3 is 9.47 Å². The molecule has 0 spiro atoms. The molecule has 5 heterocycles. The molecule has 1 fully saturated rings. The van der Waals surface area contributed by atoms with Crippen molar-refractivity contribution in [1.29, 1.82) is 0 Å². The van der Waals surface area contributed by atoms with E-state index >= 15 is 0 Å². The van der Waals surface area contributed by atoms with Crippen LogP contribution in [0, 0.1) is 5.82 Å². The third-order valence-electron chi connectivity index (χ3n) is 6.73. The Morgan fingerprint density at radius 3 is 2.74 bits per heavy atom. The number of nitrogens with zero attached hydrogens (tertiary/aromatic N) is 6. The van der Waals surface area contributed by atoms with Gasteiger partial charge in [0.25, 0.3) is 0 Å². The van der Waals surface area contributed by atoms with E-state index in [4.69, 9.17) is 0 Å². The molecule has 0 radical (unpaired) electrons. The van der Waals surface area contributed by atoms with Gasteiger partial charge in [0.2, 0.25) is 5.78 Å². The largest absolute Gasteiger partial charge is 0.356 e. The molecule has 1 aliphatic rings. The lowest BCUT2D eigenvalue weighted by Crippen LogP contribution is -2.37. The second-order valence-electron chi connectivity index (χ2n) is 8.80. The molecule has 0 bridgehead atoms. The molecule has 0 aliphatic carbocycles. The van der Waals surface area contributed by atoms with Crippen LogP contribution in [0.4, 0.5) is 10.2 Å². The zero-order valence-corrected chi connectivity index (χ0v) is 19.0. The molecule has 5 aromatic rings. The van der Waals surface area contributed by atoms with Crippen molar-refractivity contribution in [1.82, 2.24) is 29.1 Å². The first-order valence-corrected chi connectivity index (χ1v) is 11.4. The number of carbonyl (C=O) groups is 1. The normalized spacial score (nSPS) is 14.7. The Kier molecular flexibility index (Phi) is 4.94. The number of pyridine rings is 1. The van der Waals surface area contributed by atoms with E-state index in [0.29, 0.717) is 41.0 Å². The van der Waals surface area contributed by atoms with Gasteiger partial charge in [0, 0.05) is 55.6 Å². The van der Waals surface area contributed by atoms with Crippen molar-refractivity contribution in [3.8, 4) is 0 Å². The van der Waals surface area contributed by atoms with Crippen LogP contribution in [0.2, 0.25) is 0 Å². The fraction of sp³-hybridized carbons (Fsp3) is 0.240. The highest BCUT2D eigenvalue weighted by molar-refractivity contribution is 6.15. The van der Waals surface area contributed by atoms with E-state index in [9.17, 15) is 14.0 Å². The molecule has 0 atom stereocenters. The van der Waals surface area contributed by atoms with Gasteiger partial charge in [0.1, 0.15) is 23.7 Å². The SMILES string of the molecule is Cn1cc(C(=O)c2cc(N3CCC(n4c(=O)[nH]c5ncccc54)CC3)ncn2)c2ccc(F)cc21. The lowest BCUT2D eigenvalue weighted by molar-refractivity contribution is 0.103. The number of benzene rings is 1. The third-order valence-corrected chi connectivity index (χ3v) is 6.73. The van der Waals surface area contributed by atoms with Crippen molar-refractivity contribution >= 4 is 33.7 Å². The predicted molar refractivity (Wildman–Crippen MR) is 129 cm³/mol. The molecule has 1 aliphatic heterocycles. The number of fused-ring (bicyclic) bond motifs is 2. The fourth-order valence-corrected chi connectivity index (χ4v) is 4.99. The quantitative estimate of drug-likeness (QED) is 0.404. The topological polar surface area (TPSA) is 102 Å². The number of nitrogens with one attached hydrogen (secondary N) is 1. The molecule has 0 unspecified atom stereocenters. The molecule has 0 saturated carbocycles. The van der Waals surface area contributed by atoms with E-state index < -0.39 is 0 Å². The lowest BCUT2D eigenvalue weighted by Gasteiger charge is -2.33. The van der Waals surface area contributed by atoms with E-state index in [0.717, 1.165) is 18.4 Å². The number of piperidine rings is 1. The Labute approximate surface area is 198 Å². The van der Waals surface area contributed by atoms with Crippen molar-refractivity contribution in [2.75, 3.05) is 18.0 Å². The number of carbonyl (C=O) groups excluding carboxylic acids is 1. The summed E-state index contributed by atoms with van der Waals surface area (Å²) in [4.78, 5) is 43.6. The molecule has 4 aromatic heterocycles. The molecular weight excluding hydrogens is 449 g/mol. The highest BCUT2D eigenvalue weighted by Gasteiger charge is 2.25. The summed E-state index contributed by atoms with van der Waals surface area (Å²) in [7, 11) is 1.78. The van der Waals surface area contributed by atoms with Crippen LogP contribution in [0.3, 0.4) is 0 Å². The standard InChI is InChI=1S/C25H22FN7O2/c1-31-13-18(17-5-4-15(26)11-21(17)31)23(34)19-12-22(29-14-28-19)32-9-6-16(7-10-32)33-20-3-2-8-27-24(20)30-25(33)35/h2-5,8,11-14,16H,6-7,9-10H2,1H3,(H,27,30,35). The molecule has 35 heavy (non-hydrogen) atoms. The summed E-state index contributed by atoms with van der Waals surface area (Å²) in [5.74, 6) is 0.0798. The van der Waals surface area contributed by atoms with Gasteiger partial charge >= 0.3 is 5.69 Å². The summed E-state index contributed by atoms with van der Waals surface area (Å²) < 4.78 is 17.2. The minimum absolute atomic E-state index is 0.0516. The molecule has 1 N–H and O–H groups in total. The summed E-state index contributed by atoms with van der Waals surface area (Å²) in [6.07, 6.45) is 6.27. The molecule has 1 saturated heterocycles. The van der Waals surface area contributed by atoms with E-state index in [1.165, 1.54) is 18.5 Å². The second kappa shape index (κ2) is 8.15. The summed E-state index contributed by atoms with van der Waals surface area (Å²) in [6, 6.07) is 9.86. The van der Waals surface area contributed by atoms with Gasteiger partial charge in [-0.1, -0.05) is 0 Å². The van der Waals surface area contributed by atoms with E-state index in [-0.39, 0.29) is 29.0 Å². The van der Waals surface area contributed by atoms with Crippen molar-refractivity contribution in [2.45, 2.75) is 18.9 Å². The van der Waals surface area contributed by atoms with Crippen molar-refractivity contribution in [3.05, 3.63) is 82.7 Å². The first-order valence-electron chi connectivity index (χ1n) is 11.4. The first kappa shape index (κ1) is 21.2. The van der Waals surface area contributed by atoms with Crippen LogP contribution in [0.15, 0.2) is 59.9 Å². The molecule has 6 rings (SSSR count). The average molecular weight is 471 g/mol. The Bertz CT molecular complexity index is 1640. The fourth-order valence-electron chi connectivity index (χ4n) is 4.99. The van der Waals surface area contributed by atoms with Crippen LogP contribution < -0.4 is 10.6 Å². The lowest BCUT2D eigenvalue weighted by atomic mass is 10.0. The Morgan fingerprint density at radius 1 is 1.09 bits per heavy atom. The third kappa shape index (κ3) is 3.58. The van der Waals surface area contributed by atoms with E-state index in [2.05, 4.69) is 24.8 Å². The number of imidazole rings is 1. The second-order valence-corrected chi connectivity index (χ2v) is 8.80. The van der Waals surface area contributed by atoms with Crippen LogP contribution in [0.5, 0.6) is 0 Å². The molecular formula is C25H22FN7O2. The van der Waals surface area contributed by atoms with Gasteiger partial charge in [-0.15, -0.1) is 0 Å². The molecule has 1 aromatic carbocycles. The van der Waals surface area contributed by atoms with E-state index in [1.807, 2.05) is 12.1 Å². The maximum atomic E-state index is 13.7. The zero-order valence-electron chi connectivity index (χ0n) is 19.0. The number of aryl methyl sites for hydroxylation is 1. The maximum Gasteiger partial charge on any atom is 0.327 e. The number of hydrogen-bond acceptors (Lipinski definition) is 6. The Hall–Kier alpha value is -4.34. The van der Waals surface area contributed by atoms with Gasteiger partial charge in [0.05, 0.1) is 11.0 Å². The summed E-state index contributed by atoms with van der Waals surface area (Å²) in [5.41, 5.74) is 2.65. The number of aromatic amines is 1. The number of ketones is 1. The zero-order chi connectivity index (χ0) is 24.1. The maximum absolute atomic E-state index is 13.7. The highest BCUT2D eigenvalue weighted by Crippen LogP contribution is 2.28. The number of anilines is 1. The van der Waals surface area contributed by atoms with Crippen LogP contribution in [-0.4, -0.2) is 47.9 Å². The smallest absolute Gasteiger partial charge is 0.327 e. The number of aromatic nitrogens is 6. The van der Waals surface area contributed by atoms with Crippen LogP contribution in [0.1, 0.15) is 34.9 Å². The van der Waals surface area contributed by atoms with Crippen LogP contribution in [0.25, 0.3) is 22.1 Å². The summed E-state index contributed by atoms with van der Waals surface area (Å²) >= 11 is 0. The first-order chi connectivity index (χ1) is 17.0. The molecule has 0 amide bonds. The minimum Gasteiger partial charge on any atom is -0.356 e. The number of rotatable bonds is 4. The van der Waals surface area contributed by atoms with Gasteiger partial charge in [-0.05, 0) is 43.2 Å². The van der Waals surface area contributed by atoms with Crippen LogP contribution in [-0.2, 0) is 7.05 Å². The monoisotopic (exact) mass is 471 g/mol. The van der Waals surface area contributed by atoms with Crippen molar-refractivity contribution in [2.24, 2.45) is 7.05 Å². The summed E-state index contributed by atoms with van der Waals surface area (Å²) in [5, 5.41) is 0.679. The Morgan fingerprint density at radius 2 is 1.91 bits per heavy atom. The minimum atomic E-state index is -0.350. The van der Waals surface area contributed by atoms with Gasteiger partial charge in [-0.25, -0.2) is 24.1 Å². The van der Waals surface area contributed by atoms with Crippen LogP contribution >= 0.6 is 0 Å². The average Bonchev–Trinajstić information content (AvgIpc) is 3.39. The summed E-state index contributed by atoms with van der Waals surface area (Å²) in [6.45, 7) is 1.37. The molecule has 9 nitrogen and oxygen atoms in total. The number of H-pyrrole nitrogens is 1. The molecule has 176 valence electrons. The molecule has 10 heteroatoms. The Balaban J connectivity index is 1.24. The van der Waals surface area contributed by atoms with Gasteiger partial charge in [0.15, 0.2) is 5.65 Å². The van der Waals surface area contributed by atoms with Gasteiger partial charge in [-0.3, -0.25) is 14.3 Å².